The summed E-state index contributed by atoms with van der Waals surface area (Å²) in [6, 6.07) is 8.30. The Hall–Kier alpha value is -1.57. The molecule has 1 atom stereocenters. The lowest BCUT2D eigenvalue weighted by Crippen LogP contribution is -2.27. The van der Waals surface area contributed by atoms with Crippen LogP contribution in [-0.4, -0.2) is 11.8 Å². The van der Waals surface area contributed by atoms with E-state index in [4.69, 9.17) is 4.99 Å². The van der Waals surface area contributed by atoms with Crippen molar-refractivity contribution >= 4 is 11.9 Å². The van der Waals surface area contributed by atoms with Crippen molar-refractivity contribution in [2.24, 2.45) is 10.9 Å². The summed E-state index contributed by atoms with van der Waals surface area (Å²) in [5.41, 5.74) is 3.53. The van der Waals surface area contributed by atoms with Gasteiger partial charge in [-0.2, -0.15) is 0 Å². The van der Waals surface area contributed by atoms with E-state index in [-0.39, 0.29) is 5.54 Å². The maximum absolute atomic E-state index is 4.74. The molecule has 0 saturated heterocycles. The highest BCUT2D eigenvalue weighted by atomic mass is 14.9. The smallest absolute Gasteiger partial charge is 0.0600 e. The van der Waals surface area contributed by atoms with Gasteiger partial charge in [0.05, 0.1) is 5.54 Å². The minimum absolute atomic E-state index is 0.0272. The van der Waals surface area contributed by atoms with Gasteiger partial charge in [0.15, 0.2) is 0 Å². The van der Waals surface area contributed by atoms with Crippen molar-refractivity contribution < 1.29 is 0 Å². The second kappa shape index (κ2) is 7.28. The number of nitrogens with zero attached hydrogens (tertiary/aromatic N) is 1. The minimum atomic E-state index is 0.0272. The zero-order valence-electron chi connectivity index (χ0n) is 13.7. The maximum Gasteiger partial charge on any atom is 0.0600 e. The number of hydrogen-bond donors (Lipinski definition) is 1. The number of nitrogens with one attached hydrogen (secondary N) is 1. The summed E-state index contributed by atoms with van der Waals surface area (Å²) < 4.78 is 0. The topological polar surface area (TPSA) is 24.4 Å². The molecule has 2 nitrogen and oxygen atoms in total. The van der Waals surface area contributed by atoms with Gasteiger partial charge in [-0.1, -0.05) is 39.0 Å². The quantitative estimate of drug-likeness (QED) is 0.707. The van der Waals surface area contributed by atoms with Crippen LogP contribution in [0.2, 0.25) is 0 Å². The van der Waals surface area contributed by atoms with E-state index in [1.807, 2.05) is 18.4 Å². The number of para-hydroxylation sites is 1. The van der Waals surface area contributed by atoms with Crippen molar-refractivity contribution in [2.75, 3.05) is 5.32 Å². The SMILES string of the molecule is CCC(C)(N=C/C=C(/C)Nc1ccccc1C)C(C)C. The lowest BCUT2D eigenvalue weighted by atomic mass is 9.87. The number of aliphatic imine (C=N–C) groups is 1. The molecule has 0 radical (unpaired) electrons. The van der Waals surface area contributed by atoms with E-state index in [9.17, 15) is 0 Å². The van der Waals surface area contributed by atoms with Crippen molar-refractivity contribution in [1.29, 1.82) is 0 Å². The molecule has 1 aromatic carbocycles. The maximum atomic E-state index is 4.74. The molecule has 1 aromatic rings. The molecule has 0 saturated carbocycles. The molecular formula is C18H28N2. The van der Waals surface area contributed by atoms with Gasteiger partial charge < -0.3 is 5.32 Å². The van der Waals surface area contributed by atoms with Crippen molar-refractivity contribution in [3.63, 3.8) is 0 Å². The Morgan fingerprint density at radius 2 is 2.00 bits per heavy atom. The normalized spacial score (nSPS) is 15.7. The summed E-state index contributed by atoms with van der Waals surface area (Å²) >= 11 is 0. The molecule has 0 spiro atoms. The van der Waals surface area contributed by atoms with E-state index in [0.29, 0.717) is 5.92 Å². The van der Waals surface area contributed by atoms with Gasteiger partial charge in [0, 0.05) is 17.6 Å². The summed E-state index contributed by atoms with van der Waals surface area (Å²) in [5.74, 6) is 0.543. The van der Waals surface area contributed by atoms with Gasteiger partial charge in [0.1, 0.15) is 0 Å². The molecule has 20 heavy (non-hydrogen) atoms. The van der Waals surface area contributed by atoms with Crippen molar-refractivity contribution in [1.82, 2.24) is 0 Å². The second-order valence-electron chi connectivity index (χ2n) is 5.93. The summed E-state index contributed by atoms with van der Waals surface area (Å²) in [7, 11) is 0. The highest BCUT2D eigenvalue weighted by molar-refractivity contribution is 5.74. The van der Waals surface area contributed by atoms with Gasteiger partial charge in [-0.25, -0.2) is 0 Å². The average Bonchev–Trinajstić information content (AvgIpc) is 2.41. The van der Waals surface area contributed by atoms with E-state index >= 15 is 0 Å². The molecule has 0 bridgehead atoms. The monoisotopic (exact) mass is 272 g/mol. The van der Waals surface area contributed by atoms with Crippen LogP contribution >= 0.6 is 0 Å². The molecule has 1 unspecified atom stereocenters. The van der Waals surface area contributed by atoms with E-state index in [2.05, 4.69) is 65.1 Å². The lowest BCUT2D eigenvalue weighted by Gasteiger charge is -2.27. The first kappa shape index (κ1) is 16.5. The Morgan fingerprint density at radius 3 is 2.55 bits per heavy atom. The molecule has 0 heterocycles. The van der Waals surface area contributed by atoms with Crippen LogP contribution in [0.1, 0.15) is 46.6 Å². The fourth-order valence-electron chi connectivity index (χ4n) is 1.94. The molecular weight excluding hydrogens is 244 g/mol. The molecule has 2 heteroatoms. The van der Waals surface area contributed by atoms with Crippen LogP contribution in [0.4, 0.5) is 5.69 Å². The third-order valence-corrected chi connectivity index (χ3v) is 4.13. The predicted molar refractivity (Wildman–Crippen MR) is 90.6 cm³/mol. The number of allylic oxidation sites excluding steroid dienone is 2. The van der Waals surface area contributed by atoms with Crippen LogP contribution in [0.3, 0.4) is 0 Å². The molecule has 0 fully saturated rings. The van der Waals surface area contributed by atoms with Gasteiger partial charge in [-0.05, 0) is 50.8 Å². The van der Waals surface area contributed by atoms with Crippen LogP contribution in [-0.2, 0) is 0 Å². The van der Waals surface area contributed by atoms with Gasteiger partial charge >= 0.3 is 0 Å². The largest absolute Gasteiger partial charge is 0.359 e. The van der Waals surface area contributed by atoms with Crippen LogP contribution in [0.5, 0.6) is 0 Å². The van der Waals surface area contributed by atoms with E-state index in [1.54, 1.807) is 0 Å². The number of anilines is 1. The highest BCUT2D eigenvalue weighted by Crippen LogP contribution is 2.24. The zero-order chi connectivity index (χ0) is 15.2. The molecule has 110 valence electrons. The molecule has 0 aliphatic heterocycles. The Balaban J connectivity index is 2.73. The highest BCUT2D eigenvalue weighted by Gasteiger charge is 2.23. The van der Waals surface area contributed by atoms with Crippen molar-refractivity contribution in [3.05, 3.63) is 41.6 Å². The van der Waals surface area contributed by atoms with E-state index in [1.165, 1.54) is 5.56 Å². The Morgan fingerprint density at radius 1 is 1.35 bits per heavy atom. The Kier molecular flexibility index (Phi) is 6.00. The predicted octanol–water partition coefficient (Wildman–Crippen LogP) is 5.21. The first-order valence-corrected chi connectivity index (χ1v) is 7.44. The molecule has 0 aromatic heterocycles. The van der Waals surface area contributed by atoms with Crippen molar-refractivity contribution in [2.45, 2.75) is 53.5 Å². The molecule has 1 rings (SSSR count). The summed E-state index contributed by atoms with van der Waals surface area (Å²) in [6.07, 6.45) is 5.03. The average molecular weight is 272 g/mol. The lowest BCUT2D eigenvalue weighted by molar-refractivity contribution is 0.334. The fraction of sp³-hybridized carbons (Fsp3) is 0.500. The van der Waals surface area contributed by atoms with Gasteiger partial charge in [-0.15, -0.1) is 0 Å². The third-order valence-electron chi connectivity index (χ3n) is 4.13. The Bertz CT molecular complexity index is 486. The summed E-state index contributed by atoms with van der Waals surface area (Å²) in [6.45, 7) is 13.0. The van der Waals surface area contributed by atoms with Crippen LogP contribution < -0.4 is 5.32 Å². The van der Waals surface area contributed by atoms with Crippen molar-refractivity contribution in [3.8, 4) is 0 Å². The second-order valence-corrected chi connectivity index (χ2v) is 5.93. The fourth-order valence-corrected chi connectivity index (χ4v) is 1.94. The molecule has 0 aliphatic carbocycles. The molecule has 1 N–H and O–H groups in total. The molecule has 0 aliphatic rings. The standard InChI is InChI=1S/C18H28N2/c1-7-18(6,14(2)3)19-13-12-16(5)20-17-11-9-8-10-15(17)4/h8-14,20H,7H2,1-6H3/b16-12-,19-13?. The first-order valence-electron chi connectivity index (χ1n) is 7.44. The van der Waals surface area contributed by atoms with E-state index < -0.39 is 0 Å². The number of aryl methyl sites for hydroxylation is 1. The summed E-state index contributed by atoms with van der Waals surface area (Å²) in [4.78, 5) is 4.74. The van der Waals surface area contributed by atoms with Crippen LogP contribution in [0, 0.1) is 12.8 Å². The minimum Gasteiger partial charge on any atom is -0.359 e. The zero-order valence-corrected chi connectivity index (χ0v) is 13.7. The molecule has 0 amide bonds. The first-order chi connectivity index (χ1) is 9.39. The number of rotatable bonds is 6. The summed E-state index contributed by atoms with van der Waals surface area (Å²) in [5, 5.41) is 3.41. The number of benzene rings is 1. The van der Waals surface area contributed by atoms with Gasteiger partial charge in [-0.3, -0.25) is 4.99 Å². The van der Waals surface area contributed by atoms with Crippen LogP contribution in [0.15, 0.2) is 41.0 Å². The Labute approximate surface area is 124 Å². The van der Waals surface area contributed by atoms with Gasteiger partial charge in [0.25, 0.3) is 0 Å². The number of hydrogen-bond acceptors (Lipinski definition) is 2. The third kappa shape index (κ3) is 4.52. The van der Waals surface area contributed by atoms with Gasteiger partial charge in [0.2, 0.25) is 0 Å². The van der Waals surface area contributed by atoms with Crippen LogP contribution in [0.25, 0.3) is 0 Å². The van der Waals surface area contributed by atoms with E-state index in [0.717, 1.165) is 17.8 Å².